The lowest BCUT2D eigenvalue weighted by Crippen LogP contribution is -2.42. The van der Waals surface area contributed by atoms with Gasteiger partial charge in [0.25, 0.3) is 0 Å². The Labute approximate surface area is 162 Å². The number of hydrogen-bond donors (Lipinski definition) is 3. The first-order valence-electron chi connectivity index (χ1n) is 8.87. The molecule has 0 spiro atoms. The highest BCUT2D eigenvalue weighted by atomic mass is 16.6. The summed E-state index contributed by atoms with van der Waals surface area (Å²) in [4.78, 5) is 22.5. The smallest absolute Gasteiger partial charge is 0.322 e. The van der Waals surface area contributed by atoms with Crippen LogP contribution in [-0.2, 0) is 22.6 Å². The lowest BCUT2D eigenvalue weighted by atomic mass is 10.1. The molecule has 0 unspecified atom stereocenters. The molecule has 0 saturated carbocycles. The molecule has 1 aliphatic heterocycles. The van der Waals surface area contributed by atoms with Crippen molar-refractivity contribution in [1.82, 2.24) is 5.32 Å². The fourth-order valence-electron chi connectivity index (χ4n) is 2.67. The summed E-state index contributed by atoms with van der Waals surface area (Å²) in [7, 11) is 0. The quantitative estimate of drug-likeness (QED) is 0.621. The Bertz CT molecular complexity index is 837. The van der Waals surface area contributed by atoms with Gasteiger partial charge < -0.3 is 30.4 Å². The lowest BCUT2D eigenvalue weighted by molar-refractivity contribution is -0.138. The van der Waals surface area contributed by atoms with Crippen LogP contribution in [0.5, 0.6) is 17.2 Å². The number of hydrogen-bond acceptors (Lipinski definition) is 6. The van der Waals surface area contributed by atoms with Gasteiger partial charge in [0, 0.05) is 12.1 Å². The maximum atomic E-state index is 11.9. The molecule has 0 radical (unpaired) electrons. The van der Waals surface area contributed by atoms with E-state index >= 15 is 0 Å². The van der Waals surface area contributed by atoms with Gasteiger partial charge in [0.05, 0.1) is 6.42 Å². The van der Waals surface area contributed by atoms with Crippen LogP contribution in [-0.4, -0.2) is 42.8 Å². The Kier molecular flexibility index (Phi) is 6.33. The molecule has 28 heavy (non-hydrogen) atoms. The molecule has 0 aromatic heterocycles. The zero-order valence-corrected chi connectivity index (χ0v) is 15.2. The minimum absolute atomic E-state index is 0.109. The van der Waals surface area contributed by atoms with Crippen LogP contribution in [0, 0.1) is 0 Å². The number of carboxylic acids is 1. The van der Waals surface area contributed by atoms with Crippen molar-refractivity contribution in [1.29, 1.82) is 0 Å². The highest BCUT2D eigenvalue weighted by Gasteiger charge is 2.16. The van der Waals surface area contributed by atoms with E-state index in [0.717, 1.165) is 16.9 Å². The number of carboxylic acid groups (broad SMARTS) is 1. The summed E-state index contributed by atoms with van der Waals surface area (Å²) in [6.07, 6.45) is 0.129. The second-order valence-electron chi connectivity index (χ2n) is 6.30. The molecule has 8 nitrogen and oxygen atoms in total. The van der Waals surface area contributed by atoms with Crippen LogP contribution in [0.25, 0.3) is 0 Å². The first-order valence-corrected chi connectivity index (χ1v) is 8.87. The number of amides is 1. The van der Waals surface area contributed by atoms with Gasteiger partial charge in [-0.05, 0) is 23.8 Å². The van der Waals surface area contributed by atoms with Crippen molar-refractivity contribution in [2.75, 3.05) is 19.8 Å². The maximum absolute atomic E-state index is 11.9. The third kappa shape index (κ3) is 5.14. The van der Waals surface area contributed by atoms with E-state index in [-0.39, 0.29) is 18.9 Å². The molecule has 8 heteroatoms. The number of nitrogens with one attached hydrogen (secondary N) is 1. The highest BCUT2D eigenvalue weighted by molar-refractivity contribution is 5.80. The van der Waals surface area contributed by atoms with Gasteiger partial charge in [-0.25, -0.2) is 0 Å². The molecule has 0 aliphatic carbocycles. The van der Waals surface area contributed by atoms with E-state index in [1.807, 2.05) is 18.2 Å². The fraction of sp³-hybridized carbons (Fsp3) is 0.300. The topological polar surface area (TPSA) is 120 Å². The van der Waals surface area contributed by atoms with Gasteiger partial charge in [0.2, 0.25) is 5.91 Å². The van der Waals surface area contributed by atoms with Crippen molar-refractivity contribution in [3.63, 3.8) is 0 Å². The Morgan fingerprint density at radius 1 is 1.14 bits per heavy atom. The van der Waals surface area contributed by atoms with Crippen LogP contribution in [0.4, 0.5) is 0 Å². The summed E-state index contributed by atoms with van der Waals surface area (Å²) < 4.78 is 17.0. The molecule has 2 aromatic rings. The summed E-state index contributed by atoms with van der Waals surface area (Å²) in [6.45, 7) is 1.27. The number of benzene rings is 2. The summed E-state index contributed by atoms with van der Waals surface area (Å²) in [5.74, 6) is 0.640. The van der Waals surface area contributed by atoms with Crippen molar-refractivity contribution < 1.29 is 28.9 Å². The average Bonchev–Trinajstić information content (AvgIpc) is 2.71. The molecule has 2 aromatic carbocycles. The predicted octanol–water partition coefficient (Wildman–Crippen LogP) is 1.11. The minimum atomic E-state index is -1.15. The summed E-state index contributed by atoms with van der Waals surface area (Å²) >= 11 is 0. The second-order valence-corrected chi connectivity index (χ2v) is 6.30. The molecule has 0 saturated heterocycles. The van der Waals surface area contributed by atoms with Gasteiger partial charge in [-0.3, -0.25) is 9.59 Å². The monoisotopic (exact) mass is 386 g/mol. The van der Waals surface area contributed by atoms with E-state index in [9.17, 15) is 9.59 Å². The number of rotatable bonds is 8. The number of ether oxygens (including phenoxy) is 3. The molecular weight excluding hydrogens is 364 g/mol. The third-order valence-electron chi connectivity index (χ3n) is 4.17. The molecule has 148 valence electrons. The summed E-state index contributed by atoms with van der Waals surface area (Å²) in [5.41, 5.74) is 7.03. The Balaban J connectivity index is 1.51. The van der Waals surface area contributed by atoms with Gasteiger partial charge in [-0.1, -0.05) is 24.3 Å². The van der Waals surface area contributed by atoms with E-state index in [1.54, 1.807) is 24.3 Å². The van der Waals surface area contributed by atoms with Gasteiger partial charge in [0.1, 0.15) is 31.6 Å². The summed E-state index contributed by atoms with van der Waals surface area (Å²) in [5, 5.41) is 11.2. The number of fused-ring (bicyclic) bond motifs is 1. The number of nitrogens with two attached hydrogens (primary N) is 1. The lowest BCUT2D eigenvalue weighted by Gasteiger charge is -2.21. The zero-order chi connectivity index (χ0) is 19.9. The van der Waals surface area contributed by atoms with Crippen molar-refractivity contribution in [3.05, 3.63) is 53.6 Å². The normalized spacial score (nSPS) is 13.5. The van der Waals surface area contributed by atoms with Gasteiger partial charge in [0.15, 0.2) is 11.5 Å². The molecule has 0 bridgehead atoms. The fourth-order valence-corrected chi connectivity index (χ4v) is 2.67. The first-order chi connectivity index (χ1) is 13.5. The largest absolute Gasteiger partial charge is 0.489 e. The van der Waals surface area contributed by atoms with Crippen LogP contribution >= 0.6 is 0 Å². The predicted molar refractivity (Wildman–Crippen MR) is 101 cm³/mol. The zero-order valence-electron chi connectivity index (χ0n) is 15.2. The molecule has 3 rings (SSSR count). The van der Waals surface area contributed by atoms with E-state index in [0.29, 0.717) is 31.3 Å². The van der Waals surface area contributed by atoms with Crippen molar-refractivity contribution in [2.24, 2.45) is 5.73 Å². The van der Waals surface area contributed by atoms with Gasteiger partial charge in [-0.15, -0.1) is 0 Å². The first kappa shape index (κ1) is 19.5. The van der Waals surface area contributed by atoms with E-state index in [2.05, 4.69) is 5.32 Å². The molecule has 4 N–H and O–H groups in total. The standard InChI is InChI=1S/C20H22N2O6/c21-16(20(24)25)11-22-18(23)10-13-4-6-15(7-5-13)28-12-14-2-1-3-17-19(14)27-9-8-26-17/h1-7,16H,8-12,21H2,(H,22,23)(H,24,25)/t16-/m0/s1. The Morgan fingerprint density at radius 2 is 1.89 bits per heavy atom. The van der Waals surface area contributed by atoms with Crippen molar-refractivity contribution in [2.45, 2.75) is 19.1 Å². The van der Waals surface area contributed by atoms with Crippen molar-refractivity contribution in [3.8, 4) is 17.2 Å². The number of aliphatic carboxylic acids is 1. The molecule has 1 amide bonds. The highest BCUT2D eigenvalue weighted by Crippen LogP contribution is 2.34. The molecule has 0 fully saturated rings. The number of carbonyl (C=O) groups excluding carboxylic acids is 1. The molecular formula is C20H22N2O6. The van der Waals surface area contributed by atoms with Gasteiger partial charge in [-0.2, -0.15) is 0 Å². The third-order valence-corrected chi connectivity index (χ3v) is 4.17. The van der Waals surface area contributed by atoms with Crippen LogP contribution in [0.3, 0.4) is 0 Å². The van der Waals surface area contributed by atoms with Crippen LogP contribution in [0.2, 0.25) is 0 Å². The molecule has 1 aliphatic rings. The Hall–Kier alpha value is -3.26. The minimum Gasteiger partial charge on any atom is -0.489 e. The van der Waals surface area contributed by atoms with Crippen LogP contribution in [0.1, 0.15) is 11.1 Å². The van der Waals surface area contributed by atoms with E-state index in [4.69, 9.17) is 25.1 Å². The summed E-state index contributed by atoms with van der Waals surface area (Å²) in [6, 6.07) is 11.7. The van der Waals surface area contributed by atoms with E-state index in [1.165, 1.54) is 0 Å². The van der Waals surface area contributed by atoms with Gasteiger partial charge >= 0.3 is 5.97 Å². The second kappa shape index (κ2) is 9.09. The Morgan fingerprint density at radius 3 is 2.64 bits per heavy atom. The van der Waals surface area contributed by atoms with Crippen LogP contribution < -0.4 is 25.3 Å². The molecule has 1 atom stereocenters. The molecule has 1 heterocycles. The average molecular weight is 386 g/mol. The van der Waals surface area contributed by atoms with Crippen LogP contribution in [0.15, 0.2) is 42.5 Å². The number of carbonyl (C=O) groups is 2. The van der Waals surface area contributed by atoms with Crippen molar-refractivity contribution >= 4 is 11.9 Å². The van der Waals surface area contributed by atoms with E-state index < -0.39 is 12.0 Å². The SMILES string of the molecule is N[C@@H](CNC(=O)Cc1ccc(OCc2cccc3c2OCCO3)cc1)C(=O)O. The number of para-hydroxylation sites is 1. The maximum Gasteiger partial charge on any atom is 0.322 e.